The number of nitrogens with zero attached hydrogens (tertiary/aromatic N) is 2. The van der Waals surface area contributed by atoms with E-state index in [1.165, 1.54) is 0 Å². The van der Waals surface area contributed by atoms with Crippen molar-refractivity contribution < 1.29 is 18.3 Å². The maximum absolute atomic E-state index is 13.0. The Kier molecular flexibility index (Phi) is 3.89. The lowest BCUT2D eigenvalue weighted by Gasteiger charge is -2.31. The highest BCUT2D eigenvalue weighted by Crippen LogP contribution is 2.39. The fraction of sp³-hybridized carbons (Fsp3) is 0.588. The van der Waals surface area contributed by atoms with Crippen LogP contribution in [0.25, 0.3) is 0 Å². The van der Waals surface area contributed by atoms with Gasteiger partial charge in [0.05, 0.1) is 5.56 Å². The number of piperidine rings is 1. The molecule has 0 spiro atoms. The summed E-state index contributed by atoms with van der Waals surface area (Å²) in [6, 6.07) is 5.30. The summed E-state index contributed by atoms with van der Waals surface area (Å²) in [6.07, 6.45) is 4.35. The zero-order valence-corrected chi connectivity index (χ0v) is 14.3. The van der Waals surface area contributed by atoms with Gasteiger partial charge in [0.2, 0.25) is 0 Å². The van der Waals surface area contributed by atoms with Gasteiger partial charge in [-0.15, -0.1) is 0 Å². The molecule has 1 aromatic carbocycles. The molecule has 3 aliphatic rings. The van der Waals surface area contributed by atoms with Crippen molar-refractivity contribution in [2.75, 3.05) is 19.6 Å². The van der Waals surface area contributed by atoms with Gasteiger partial charge in [0, 0.05) is 25.7 Å². The Balaban J connectivity index is 1.54. The Labute approximate surface area is 142 Å². The van der Waals surface area contributed by atoms with Crippen LogP contribution in [0.1, 0.15) is 40.7 Å². The molecule has 7 heteroatoms. The number of carboxylic acid groups (broad SMARTS) is 1. The molecule has 1 aliphatic carbocycles. The quantitative estimate of drug-likeness (QED) is 0.896. The predicted octanol–water partition coefficient (Wildman–Crippen LogP) is 1.51. The Hall–Kier alpha value is -1.44. The van der Waals surface area contributed by atoms with Crippen molar-refractivity contribution in [1.82, 2.24) is 8.61 Å². The van der Waals surface area contributed by atoms with Crippen molar-refractivity contribution >= 4 is 16.2 Å². The monoisotopic (exact) mass is 350 g/mol. The number of hydrogen-bond donors (Lipinski definition) is 1. The van der Waals surface area contributed by atoms with Gasteiger partial charge in [-0.2, -0.15) is 17.0 Å². The molecule has 0 aromatic heterocycles. The molecule has 1 saturated heterocycles. The first-order valence-electron chi connectivity index (χ1n) is 8.57. The number of rotatable bonds is 3. The molecule has 6 nitrogen and oxygen atoms in total. The van der Waals surface area contributed by atoms with Crippen LogP contribution in [0.2, 0.25) is 0 Å². The number of aromatic carboxylic acids is 1. The van der Waals surface area contributed by atoms with Gasteiger partial charge in [0.1, 0.15) is 0 Å². The normalized spacial score (nSPS) is 27.8. The minimum Gasteiger partial charge on any atom is -0.478 e. The smallest absolute Gasteiger partial charge is 0.335 e. The second-order valence-electron chi connectivity index (χ2n) is 7.10. The first-order valence-corrected chi connectivity index (χ1v) is 9.97. The van der Waals surface area contributed by atoms with E-state index in [0.717, 1.165) is 30.4 Å². The topological polar surface area (TPSA) is 77.9 Å². The summed E-state index contributed by atoms with van der Waals surface area (Å²) in [7, 11) is -3.41. The SMILES string of the molecule is O=C(O)c1ccc2c(c1)CCN(S(=O)(=O)N1CC3CCC1C3)CC2. The van der Waals surface area contributed by atoms with Gasteiger partial charge >= 0.3 is 5.97 Å². The zero-order chi connectivity index (χ0) is 16.9. The highest BCUT2D eigenvalue weighted by molar-refractivity contribution is 7.86. The van der Waals surface area contributed by atoms with Crippen LogP contribution in [0.15, 0.2) is 18.2 Å². The van der Waals surface area contributed by atoms with Gasteiger partial charge in [-0.3, -0.25) is 0 Å². The number of benzene rings is 1. The average Bonchev–Trinajstić information content (AvgIpc) is 3.12. The molecule has 2 fully saturated rings. The third-order valence-corrected chi connectivity index (χ3v) is 7.75. The fourth-order valence-corrected chi connectivity index (χ4v) is 6.29. The van der Waals surface area contributed by atoms with Crippen LogP contribution in [0, 0.1) is 5.92 Å². The number of carboxylic acids is 1. The van der Waals surface area contributed by atoms with Gasteiger partial charge in [-0.05, 0) is 61.3 Å². The molecule has 130 valence electrons. The molecule has 2 bridgehead atoms. The molecule has 24 heavy (non-hydrogen) atoms. The zero-order valence-electron chi connectivity index (χ0n) is 13.5. The van der Waals surface area contributed by atoms with Crippen LogP contribution in [-0.2, 0) is 23.1 Å². The fourth-order valence-electron chi connectivity index (χ4n) is 4.38. The van der Waals surface area contributed by atoms with Gasteiger partial charge < -0.3 is 5.11 Å². The third kappa shape index (κ3) is 2.64. The summed E-state index contributed by atoms with van der Waals surface area (Å²) in [5.41, 5.74) is 2.28. The lowest BCUT2D eigenvalue weighted by Crippen LogP contribution is -2.48. The average molecular weight is 350 g/mol. The van der Waals surface area contributed by atoms with Crippen LogP contribution >= 0.6 is 0 Å². The molecule has 2 atom stereocenters. The molecular formula is C17H22N2O4S. The molecular weight excluding hydrogens is 328 g/mol. The van der Waals surface area contributed by atoms with Crippen LogP contribution in [0.4, 0.5) is 0 Å². The van der Waals surface area contributed by atoms with E-state index in [2.05, 4.69) is 0 Å². The van der Waals surface area contributed by atoms with Crippen LogP contribution in [0.3, 0.4) is 0 Å². The highest BCUT2D eigenvalue weighted by atomic mass is 32.2. The van der Waals surface area contributed by atoms with Gasteiger partial charge in [0.25, 0.3) is 10.2 Å². The van der Waals surface area contributed by atoms with E-state index in [0.29, 0.717) is 38.4 Å². The van der Waals surface area contributed by atoms with Crippen LogP contribution < -0.4 is 0 Å². The standard InChI is InChI=1S/C17H22N2O4S/c20-17(21)15-3-2-13-5-7-18(8-6-14(13)10-15)24(22,23)19-11-12-1-4-16(19)9-12/h2-3,10,12,16H,1,4-9,11H2,(H,20,21). The van der Waals surface area contributed by atoms with Crippen molar-refractivity contribution in [2.45, 2.75) is 38.1 Å². The summed E-state index contributed by atoms with van der Waals surface area (Å²) in [4.78, 5) is 11.1. The van der Waals surface area contributed by atoms with Gasteiger partial charge in [-0.1, -0.05) is 6.07 Å². The minimum absolute atomic E-state index is 0.184. The Morgan fingerprint density at radius 3 is 2.50 bits per heavy atom. The molecule has 1 saturated carbocycles. The van der Waals surface area contributed by atoms with Gasteiger partial charge in [-0.25, -0.2) is 4.79 Å². The summed E-state index contributed by atoms with van der Waals surface area (Å²) < 4.78 is 29.3. The Morgan fingerprint density at radius 2 is 1.88 bits per heavy atom. The summed E-state index contributed by atoms with van der Waals surface area (Å²) in [5.74, 6) is -0.410. The Bertz CT molecular complexity index is 777. The van der Waals surface area contributed by atoms with Crippen molar-refractivity contribution in [1.29, 1.82) is 0 Å². The highest BCUT2D eigenvalue weighted by Gasteiger charge is 2.45. The van der Waals surface area contributed by atoms with Crippen LogP contribution in [-0.4, -0.2) is 53.8 Å². The molecule has 1 N–H and O–H groups in total. The van der Waals surface area contributed by atoms with Crippen LogP contribution in [0.5, 0.6) is 0 Å². The third-order valence-electron chi connectivity index (χ3n) is 5.70. The summed E-state index contributed by atoms with van der Waals surface area (Å²) >= 11 is 0. The van der Waals surface area contributed by atoms with E-state index in [-0.39, 0.29) is 11.6 Å². The van der Waals surface area contributed by atoms with Crippen molar-refractivity contribution in [3.05, 3.63) is 34.9 Å². The summed E-state index contributed by atoms with van der Waals surface area (Å²) in [6.45, 7) is 1.56. The molecule has 0 amide bonds. The van der Waals surface area contributed by atoms with E-state index in [9.17, 15) is 13.2 Å². The first kappa shape index (κ1) is 16.1. The van der Waals surface area contributed by atoms with E-state index >= 15 is 0 Å². The lowest BCUT2D eigenvalue weighted by molar-refractivity contribution is 0.0696. The number of fused-ring (bicyclic) bond motifs is 3. The number of carbonyl (C=O) groups is 1. The van der Waals surface area contributed by atoms with E-state index in [1.807, 2.05) is 6.07 Å². The number of hydrogen-bond acceptors (Lipinski definition) is 3. The second-order valence-corrected chi connectivity index (χ2v) is 8.98. The molecule has 2 heterocycles. The van der Waals surface area contributed by atoms with E-state index < -0.39 is 16.2 Å². The first-order chi connectivity index (χ1) is 11.4. The van der Waals surface area contributed by atoms with Crippen molar-refractivity contribution in [2.24, 2.45) is 5.92 Å². The largest absolute Gasteiger partial charge is 0.478 e. The Morgan fingerprint density at radius 1 is 1.12 bits per heavy atom. The predicted molar refractivity (Wildman–Crippen MR) is 89.1 cm³/mol. The maximum atomic E-state index is 13.0. The second kappa shape index (κ2) is 5.82. The molecule has 1 aromatic rings. The van der Waals surface area contributed by atoms with E-state index in [1.54, 1.807) is 20.7 Å². The lowest BCUT2D eigenvalue weighted by atomic mass is 10.0. The molecule has 2 unspecified atom stereocenters. The minimum atomic E-state index is -3.41. The molecule has 4 rings (SSSR count). The van der Waals surface area contributed by atoms with Crippen molar-refractivity contribution in [3.8, 4) is 0 Å². The summed E-state index contributed by atoms with van der Waals surface area (Å²) in [5, 5.41) is 9.13. The van der Waals surface area contributed by atoms with Crippen molar-refractivity contribution in [3.63, 3.8) is 0 Å². The molecule has 2 aliphatic heterocycles. The van der Waals surface area contributed by atoms with E-state index in [4.69, 9.17) is 5.11 Å². The maximum Gasteiger partial charge on any atom is 0.335 e. The molecule has 0 radical (unpaired) electrons. The van der Waals surface area contributed by atoms with Gasteiger partial charge in [0.15, 0.2) is 0 Å².